The van der Waals surface area contributed by atoms with Crippen molar-refractivity contribution in [2.45, 2.75) is 26.9 Å². The first-order chi connectivity index (χ1) is 9.96. The second kappa shape index (κ2) is 4.14. The van der Waals surface area contributed by atoms with Gasteiger partial charge in [-0.15, -0.1) is 0 Å². The van der Waals surface area contributed by atoms with Crippen LogP contribution in [0.15, 0.2) is 24.5 Å². The summed E-state index contributed by atoms with van der Waals surface area (Å²) in [5.74, 6) is 0.895. The number of Topliss-reactive ketones (excluding diaryl/α,β-unsaturated/α-hetero) is 1. The Morgan fingerprint density at radius 2 is 1.90 bits per heavy atom. The van der Waals surface area contributed by atoms with Crippen LogP contribution < -0.4 is 0 Å². The average molecular weight is 285 g/mol. The molecule has 4 heteroatoms. The number of pyridine rings is 1. The molecule has 1 aromatic rings. The van der Waals surface area contributed by atoms with Crippen molar-refractivity contribution in [3.63, 3.8) is 0 Å². The van der Waals surface area contributed by atoms with Crippen LogP contribution in [-0.4, -0.2) is 46.7 Å². The molecule has 4 bridgehead atoms. The van der Waals surface area contributed by atoms with Gasteiger partial charge in [-0.05, 0) is 12.0 Å². The molecule has 4 nitrogen and oxygen atoms in total. The number of aromatic nitrogens is 1. The van der Waals surface area contributed by atoms with Gasteiger partial charge in [-0.25, -0.2) is 0 Å². The molecule has 0 amide bonds. The third-order valence-electron chi connectivity index (χ3n) is 5.85. The van der Waals surface area contributed by atoms with Gasteiger partial charge in [0.1, 0.15) is 5.78 Å². The molecule has 0 radical (unpaired) electrons. The molecule has 2 atom stereocenters. The molecule has 0 aliphatic carbocycles. The molecule has 1 aromatic heterocycles. The van der Waals surface area contributed by atoms with Crippen molar-refractivity contribution in [2.24, 2.45) is 16.7 Å². The van der Waals surface area contributed by atoms with Crippen molar-refractivity contribution in [1.29, 1.82) is 0 Å². The van der Waals surface area contributed by atoms with Crippen molar-refractivity contribution < 1.29 is 4.79 Å². The molecule has 5 rings (SSSR count). The van der Waals surface area contributed by atoms with Crippen molar-refractivity contribution in [3.8, 4) is 0 Å². The van der Waals surface area contributed by atoms with Crippen LogP contribution in [0.2, 0.25) is 0 Å². The fourth-order valence-corrected chi connectivity index (χ4v) is 4.88. The quantitative estimate of drug-likeness (QED) is 0.832. The van der Waals surface area contributed by atoms with E-state index in [1.54, 1.807) is 0 Å². The fraction of sp³-hybridized carbons (Fsp3) is 0.647. The van der Waals surface area contributed by atoms with Crippen LogP contribution in [0.4, 0.5) is 0 Å². The largest absolute Gasteiger partial charge is 0.298 e. The minimum Gasteiger partial charge on any atom is -0.298 e. The number of carbonyl (C=O) groups excluding carboxylic acids is 1. The van der Waals surface area contributed by atoms with Crippen LogP contribution in [0, 0.1) is 16.7 Å². The van der Waals surface area contributed by atoms with E-state index in [0.29, 0.717) is 17.9 Å². The summed E-state index contributed by atoms with van der Waals surface area (Å²) in [6.07, 6.45) is 4.09. The molecular weight excluding hydrogens is 262 g/mol. The summed E-state index contributed by atoms with van der Waals surface area (Å²) in [4.78, 5) is 22.3. The predicted molar refractivity (Wildman–Crippen MR) is 80.5 cm³/mol. The lowest BCUT2D eigenvalue weighted by molar-refractivity contribution is -0.207. The van der Waals surface area contributed by atoms with Gasteiger partial charge < -0.3 is 0 Å². The van der Waals surface area contributed by atoms with Gasteiger partial charge in [0.2, 0.25) is 0 Å². The first kappa shape index (κ1) is 13.4. The van der Waals surface area contributed by atoms with Crippen LogP contribution in [-0.2, 0) is 4.79 Å². The topological polar surface area (TPSA) is 36.4 Å². The van der Waals surface area contributed by atoms with Crippen molar-refractivity contribution in [1.82, 2.24) is 14.8 Å². The highest BCUT2D eigenvalue weighted by Gasteiger charge is 2.64. The van der Waals surface area contributed by atoms with Gasteiger partial charge in [-0.3, -0.25) is 19.6 Å². The molecule has 5 heterocycles. The number of hydrogen-bond donors (Lipinski definition) is 0. The summed E-state index contributed by atoms with van der Waals surface area (Å²) in [5.41, 5.74) is 0.884. The number of piperidine rings is 2. The van der Waals surface area contributed by atoms with Gasteiger partial charge in [0, 0.05) is 44.1 Å². The molecule has 0 spiro atoms. The Kier molecular flexibility index (Phi) is 2.64. The summed E-state index contributed by atoms with van der Waals surface area (Å²) in [5, 5.41) is 0. The molecule has 4 aliphatic heterocycles. The standard InChI is InChI=1S/C17H23N3O/c1-12(2)17-10-19-8-16(3,15(17)21)9-20(11-17)14(19)13-5-4-6-18-7-13/h4-7,12,14H,8-11H2,1-3H3. The van der Waals surface area contributed by atoms with Crippen molar-refractivity contribution in [2.75, 3.05) is 26.2 Å². The summed E-state index contributed by atoms with van der Waals surface area (Å²) in [6.45, 7) is 10.1. The maximum atomic E-state index is 13.0. The van der Waals surface area contributed by atoms with Crippen LogP contribution >= 0.6 is 0 Å². The summed E-state index contributed by atoms with van der Waals surface area (Å²) in [6, 6.07) is 4.17. The maximum Gasteiger partial charge on any atom is 0.150 e. The monoisotopic (exact) mass is 285 g/mol. The van der Waals surface area contributed by atoms with E-state index in [4.69, 9.17) is 0 Å². The predicted octanol–water partition coefficient (Wildman–Crippen LogP) is 1.94. The normalized spacial score (nSPS) is 44.6. The second-order valence-corrected chi connectivity index (χ2v) is 7.67. The number of ketones is 1. The average Bonchev–Trinajstić information content (AvgIpc) is 2.44. The number of rotatable bonds is 2. The van der Waals surface area contributed by atoms with Gasteiger partial charge in [0.25, 0.3) is 0 Å². The van der Waals surface area contributed by atoms with E-state index < -0.39 is 0 Å². The van der Waals surface area contributed by atoms with E-state index in [2.05, 4.69) is 41.6 Å². The van der Waals surface area contributed by atoms with Crippen LogP contribution in [0.25, 0.3) is 0 Å². The Morgan fingerprint density at radius 3 is 2.43 bits per heavy atom. The van der Waals surface area contributed by atoms with Crippen molar-refractivity contribution in [3.05, 3.63) is 30.1 Å². The lowest BCUT2D eigenvalue weighted by Crippen LogP contribution is -2.77. The van der Waals surface area contributed by atoms with Crippen LogP contribution in [0.1, 0.15) is 32.5 Å². The van der Waals surface area contributed by atoms with Crippen LogP contribution in [0.3, 0.4) is 0 Å². The highest BCUT2D eigenvalue weighted by atomic mass is 16.1. The van der Waals surface area contributed by atoms with E-state index in [1.165, 1.54) is 5.56 Å². The van der Waals surface area contributed by atoms with E-state index in [1.807, 2.05) is 18.5 Å². The first-order valence-electron chi connectivity index (χ1n) is 7.89. The molecule has 21 heavy (non-hydrogen) atoms. The molecule has 0 saturated carbocycles. The van der Waals surface area contributed by atoms with E-state index in [9.17, 15) is 4.79 Å². The highest BCUT2D eigenvalue weighted by Crippen LogP contribution is 2.54. The zero-order valence-electron chi connectivity index (χ0n) is 13.0. The molecule has 0 aromatic carbocycles. The van der Waals surface area contributed by atoms with Crippen LogP contribution in [0.5, 0.6) is 0 Å². The molecule has 0 N–H and O–H groups in total. The summed E-state index contributed by atoms with van der Waals surface area (Å²) in [7, 11) is 0. The molecule has 4 fully saturated rings. The molecule has 2 unspecified atom stereocenters. The number of hydrogen-bond acceptors (Lipinski definition) is 4. The van der Waals surface area contributed by atoms with Gasteiger partial charge in [-0.1, -0.05) is 26.8 Å². The Morgan fingerprint density at radius 1 is 1.24 bits per heavy atom. The Bertz CT molecular complexity index is 567. The minimum absolute atomic E-state index is 0.177. The van der Waals surface area contributed by atoms with E-state index >= 15 is 0 Å². The molecule has 4 saturated heterocycles. The van der Waals surface area contributed by atoms with Crippen molar-refractivity contribution >= 4 is 5.78 Å². The number of nitrogens with zero attached hydrogens (tertiary/aromatic N) is 3. The van der Waals surface area contributed by atoms with Gasteiger partial charge in [-0.2, -0.15) is 0 Å². The zero-order valence-corrected chi connectivity index (χ0v) is 13.0. The lowest BCUT2D eigenvalue weighted by atomic mass is 9.57. The molecule has 112 valence electrons. The maximum absolute atomic E-state index is 13.0. The van der Waals surface area contributed by atoms with Gasteiger partial charge >= 0.3 is 0 Å². The molecular formula is C17H23N3O. The van der Waals surface area contributed by atoms with Gasteiger partial charge in [0.05, 0.1) is 17.0 Å². The molecule has 4 aliphatic rings. The third-order valence-corrected chi connectivity index (χ3v) is 5.85. The summed E-state index contributed by atoms with van der Waals surface area (Å²) >= 11 is 0. The Hall–Kier alpha value is -1.26. The zero-order chi connectivity index (χ0) is 14.8. The number of carbonyl (C=O) groups is 1. The second-order valence-electron chi connectivity index (χ2n) is 7.67. The third kappa shape index (κ3) is 1.63. The highest BCUT2D eigenvalue weighted by molar-refractivity contribution is 5.93. The lowest BCUT2D eigenvalue weighted by Gasteiger charge is -2.66. The van der Waals surface area contributed by atoms with E-state index in [0.717, 1.165) is 26.2 Å². The van der Waals surface area contributed by atoms with Gasteiger partial charge in [0.15, 0.2) is 0 Å². The smallest absolute Gasteiger partial charge is 0.150 e. The Balaban J connectivity index is 1.77. The Labute approximate surface area is 126 Å². The minimum atomic E-state index is -0.195. The van der Waals surface area contributed by atoms with E-state index in [-0.39, 0.29) is 10.8 Å². The SMILES string of the molecule is CC(C)C12CN3CC(C)(CN(C1)C3c1cccnc1)C2=O. The fourth-order valence-electron chi connectivity index (χ4n) is 4.88. The first-order valence-corrected chi connectivity index (χ1v) is 7.89. The summed E-state index contributed by atoms with van der Waals surface area (Å²) < 4.78 is 0.